The molecule has 3 rings (SSSR count). The molecule has 0 spiro atoms. The molecular weight excluding hydrogens is 289 g/mol. The molecule has 8 heteroatoms. The first-order valence-corrected chi connectivity index (χ1v) is 6.04. The van der Waals surface area contributed by atoms with E-state index in [4.69, 9.17) is 11.6 Å². The fraction of sp³-hybridized carbons (Fsp3) is 0.167. The number of aromatic nitrogens is 2. The molecule has 102 valence electrons. The monoisotopic (exact) mass is 295 g/mol. The standard InChI is InChI=1S/C12H7ClFN3O3/c13-11(19)10(18)6-3-15-9-5(12-16-4-20-17-12)1-2-7(14)8(6)9/h1-2,4,6,15H,3H2. The second-order valence-corrected chi connectivity index (χ2v) is 4.55. The number of Topliss-reactive ketones (excluding diaryl/α,β-unsaturated/α-hetero) is 1. The third kappa shape index (κ3) is 1.87. The van der Waals surface area contributed by atoms with Gasteiger partial charge in [-0.15, -0.1) is 0 Å². The van der Waals surface area contributed by atoms with Crippen LogP contribution < -0.4 is 5.32 Å². The van der Waals surface area contributed by atoms with Gasteiger partial charge in [-0.05, 0) is 23.7 Å². The number of carbonyl (C=O) groups is 2. The summed E-state index contributed by atoms with van der Waals surface area (Å²) in [6, 6.07) is 2.66. The lowest BCUT2D eigenvalue weighted by Crippen LogP contribution is -2.20. The number of rotatable bonds is 3. The van der Waals surface area contributed by atoms with Gasteiger partial charge in [0, 0.05) is 17.7 Å². The lowest BCUT2D eigenvalue weighted by molar-refractivity contribution is -0.132. The number of anilines is 1. The Morgan fingerprint density at radius 1 is 1.45 bits per heavy atom. The number of fused-ring (bicyclic) bond motifs is 1. The van der Waals surface area contributed by atoms with E-state index in [1.807, 2.05) is 0 Å². The van der Waals surface area contributed by atoms with E-state index >= 15 is 0 Å². The molecule has 1 aliphatic rings. The molecule has 0 fully saturated rings. The number of hydrogen-bond donors (Lipinski definition) is 1. The van der Waals surface area contributed by atoms with E-state index in [1.165, 1.54) is 12.1 Å². The van der Waals surface area contributed by atoms with E-state index in [-0.39, 0.29) is 17.9 Å². The van der Waals surface area contributed by atoms with Crippen molar-refractivity contribution in [2.75, 3.05) is 11.9 Å². The zero-order valence-electron chi connectivity index (χ0n) is 9.89. The van der Waals surface area contributed by atoms with Crippen molar-refractivity contribution >= 4 is 28.3 Å². The van der Waals surface area contributed by atoms with Crippen molar-refractivity contribution in [1.29, 1.82) is 0 Å². The van der Waals surface area contributed by atoms with Gasteiger partial charge in [0.05, 0.1) is 11.6 Å². The summed E-state index contributed by atoms with van der Waals surface area (Å²) < 4.78 is 18.6. The van der Waals surface area contributed by atoms with Crippen molar-refractivity contribution < 1.29 is 18.5 Å². The number of benzene rings is 1. The molecule has 0 bridgehead atoms. The third-order valence-corrected chi connectivity index (χ3v) is 3.32. The van der Waals surface area contributed by atoms with Crippen LogP contribution >= 0.6 is 11.6 Å². The molecule has 1 N–H and O–H groups in total. The highest BCUT2D eigenvalue weighted by Gasteiger charge is 2.36. The minimum absolute atomic E-state index is 0.0956. The van der Waals surface area contributed by atoms with Crippen molar-refractivity contribution in [1.82, 2.24) is 10.1 Å². The van der Waals surface area contributed by atoms with Gasteiger partial charge in [-0.1, -0.05) is 5.16 Å². The number of nitrogens with one attached hydrogen (secondary N) is 1. The number of carbonyl (C=O) groups excluding carboxylic acids is 2. The van der Waals surface area contributed by atoms with E-state index in [0.717, 1.165) is 6.39 Å². The molecule has 0 aliphatic carbocycles. The Bertz CT molecular complexity index is 702. The highest BCUT2D eigenvalue weighted by atomic mass is 35.5. The van der Waals surface area contributed by atoms with Crippen molar-refractivity contribution in [2.24, 2.45) is 0 Å². The van der Waals surface area contributed by atoms with Crippen molar-refractivity contribution in [3.63, 3.8) is 0 Å². The Morgan fingerprint density at radius 3 is 2.90 bits per heavy atom. The molecule has 2 heterocycles. The smallest absolute Gasteiger partial charge is 0.288 e. The highest BCUT2D eigenvalue weighted by Crippen LogP contribution is 2.40. The van der Waals surface area contributed by atoms with Gasteiger partial charge in [-0.25, -0.2) is 4.39 Å². The van der Waals surface area contributed by atoms with Gasteiger partial charge in [-0.2, -0.15) is 4.98 Å². The summed E-state index contributed by atoms with van der Waals surface area (Å²) >= 11 is 5.19. The molecular formula is C12H7ClFN3O3. The van der Waals surface area contributed by atoms with Crippen LogP contribution in [0.5, 0.6) is 0 Å². The highest BCUT2D eigenvalue weighted by molar-refractivity contribution is 6.81. The predicted molar refractivity (Wildman–Crippen MR) is 66.8 cm³/mol. The normalized spacial score (nSPS) is 16.6. The van der Waals surface area contributed by atoms with Crippen molar-refractivity contribution in [3.8, 4) is 11.4 Å². The Morgan fingerprint density at radius 2 is 2.25 bits per heavy atom. The molecule has 6 nitrogen and oxygen atoms in total. The van der Waals surface area contributed by atoms with Gasteiger partial charge in [-0.3, -0.25) is 9.59 Å². The fourth-order valence-corrected chi connectivity index (χ4v) is 2.40. The largest absolute Gasteiger partial charge is 0.383 e. The van der Waals surface area contributed by atoms with Gasteiger partial charge < -0.3 is 9.84 Å². The Labute approximate surface area is 116 Å². The lowest BCUT2D eigenvalue weighted by Gasteiger charge is -2.08. The first-order chi connectivity index (χ1) is 9.59. The van der Waals surface area contributed by atoms with Crippen molar-refractivity contribution in [3.05, 3.63) is 29.9 Å². The van der Waals surface area contributed by atoms with E-state index in [2.05, 4.69) is 20.0 Å². The maximum Gasteiger partial charge on any atom is 0.288 e. The lowest BCUT2D eigenvalue weighted by atomic mass is 9.95. The molecule has 0 amide bonds. The van der Waals surface area contributed by atoms with Gasteiger partial charge >= 0.3 is 0 Å². The quantitative estimate of drug-likeness (QED) is 0.685. The Balaban J connectivity index is 2.14. The second kappa shape index (κ2) is 4.68. The minimum atomic E-state index is -1.12. The van der Waals surface area contributed by atoms with Crippen LogP contribution in [0.4, 0.5) is 10.1 Å². The van der Waals surface area contributed by atoms with Crippen LogP contribution in [-0.2, 0) is 9.59 Å². The maximum absolute atomic E-state index is 14.0. The van der Waals surface area contributed by atoms with Crippen LogP contribution in [0.25, 0.3) is 11.4 Å². The summed E-state index contributed by atoms with van der Waals surface area (Å²) in [6.07, 6.45) is 1.14. The van der Waals surface area contributed by atoms with Crippen LogP contribution in [0.3, 0.4) is 0 Å². The molecule has 1 aromatic carbocycles. The summed E-state index contributed by atoms with van der Waals surface area (Å²) in [7, 11) is 0. The molecule has 0 radical (unpaired) electrons. The van der Waals surface area contributed by atoms with Gasteiger partial charge in [0.15, 0.2) is 0 Å². The van der Waals surface area contributed by atoms with Crippen LogP contribution in [0.2, 0.25) is 0 Å². The van der Waals surface area contributed by atoms with Crippen molar-refractivity contribution in [2.45, 2.75) is 5.92 Å². The predicted octanol–water partition coefficient (Wildman–Crippen LogP) is 1.72. The molecule has 1 atom stereocenters. The SMILES string of the molecule is O=C(Cl)C(=O)C1CNc2c(-c3ncon3)ccc(F)c21. The number of nitrogens with zero attached hydrogens (tertiary/aromatic N) is 2. The topological polar surface area (TPSA) is 85.1 Å². The van der Waals surface area contributed by atoms with E-state index in [0.29, 0.717) is 11.3 Å². The van der Waals surface area contributed by atoms with Gasteiger partial charge in [0.2, 0.25) is 18.0 Å². The summed E-state index contributed by atoms with van der Waals surface area (Å²) in [5.41, 5.74) is 0.974. The van der Waals surface area contributed by atoms with E-state index in [1.54, 1.807) is 0 Å². The molecule has 20 heavy (non-hydrogen) atoms. The first-order valence-electron chi connectivity index (χ1n) is 5.66. The van der Waals surface area contributed by atoms with Gasteiger partial charge in [0.25, 0.3) is 5.24 Å². The molecule has 0 saturated carbocycles. The molecule has 1 aliphatic heterocycles. The summed E-state index contributed by atoms with van der Waals surface area (Å²) in [6.45, 7) is 0.0956. The number of ketones is 1. The van der Waals surface area contributed by atoms with Crippen LogP contribution in [-0.4, -0.2) is 27.7 Å². The third-order valence-electron chi connectivity index (χ3n) is 3.14. The first kappa shape index (κ1) is 12.7. The molecule has 1 aromatic heterocycles. The summed E-state index contributed by atoms with van der Waals surface area (Å²) in [4.78, 5) is 26.6. The zero-order valence-corrected chi connectivity index (χ0v) is 10.6. The summed E-state index contributed by atoms with van der Waals surface area (Å²) in [5.74, 6) is -2.11. The number of halogens is 2. The average Bonchev–Trinajstić information content (AvgIpc) is 3.07. The molecule has 0 saturated heterocycles. The van der Waals surface area contributed by atoms with Crippen LogP contribution in [0, 0.1) is 5.82 Å². The molecule has 1 unspecified atom stereocenters. The Kier molecular flexibility index (Phi) is 2.98. The number of hydrogen-bond acceptors (Lipinski definition) is 6. The minimum Gasteiger partial charge on any atom is -0.383 e. The van der Waals surface area contributed by atoms with E-state index < -0.39 is 22.8 Å². The summed E-state index contributed by atoms with van der Waals surface area (Å²) in [5, 5.41) is 5.45. The fourth-order valence-electron chi connectivity index (χ4n) is 2.27. The van der Waals surface area contributed by atoms with Crippen LogP contribution in [0.15, 0.2) is 23.0 Å². The van der Waals surface area contributed by atoms with E-state index in [9.17, 15) is 14.0 Å². The second-order valence-electron chi connectivity index (χ2n) is 4.21. The molecule has 2 aromatic rings. The average molecular weight is 296 g/mol. The zero-order chi connectivity index (χ0) is 14.3. The maximum atomic E-state index is 14.0. The van der Waals surface area contributed by atoms with Crippen LogP contribution in [0.1, 0.15) is 11.5 Å². The van der Waals surface area contributed by atoms with Gasteiger partial charge in [0.1, 0.15) is 5.82 Å². The Hall–Kier alpha value is -2.28.